The first-order valence-corrected chi connectivity index (χ1v) is 5.57. The van der Waals surface area contributed by atoms with Crippen LogP contribution < -0.4 is 0 Å². The quantitative estimate of drug-likeness (QED) is 0.820. The molecule has 0 radical (unpaired) electrons. The van der Waals surface area contributed by atoms with E-state index >= 15 is 0 Å². The summed E-state index contributed by atoms with van der Waals surface area (Å²) in [6.07, 6.45) is 0.921. The van der Waals surface area contributed by atoms with E-state index in [1.165, 1.54) is 0 Å². The molecule has 0 bridgehead atoms. The molecule has 2 heterocycles. The number of carboxylic acid groups (broad SMARTS) is 1. The Hall–Kier alpha value is -1.42. The predicted molar refractivity (Wildman–Crippen MR) is 60.6 cm³/mol. The molecule has 0 fully saturated rings. The first-order valence-electron chi connectivity index (χ1n) is 5.57. The van der Waals surface area contributed by atoms with E-state index in [0.29, 0.717) is 11.3 Å². The van der Waals surface area contributed by atoms with Gasteiger partial charge in [-0.3, -0.25) is 9.88 Å². The van der Waals surface area contributed by atoms with Crippen molar-refractivity contribution in [1.29, 1.82) is 0 Å². The van der Waals surface area contributed by atoms with Crippen molar-refractivity contribution in [2.24, 2.45) is 0 Å². The van der Waals surface area contributed by atoms with E-state index in [2.05, 4.69) is 16.8 Å². The highest BCUT2D eigenvalue weighted by Gasteiger charge is 2.19. The topological polar surface area (TPSA) is 53.4 Å². The molecular weight excluding hydrogens is 204 g/mol. The molecule has 1 aromatic rings. The second kappa shape index (κ2) is 4.22. The smallest absolute Gasteiger partial charge is 0.337 e. The van der Waals surface area contributed by atoms with E-state index in [0.717, 1.165) is 37.3 Å². The van der Waals surface area contributed by atoms with Gasteiger partial charge in [-0.25, -0.2) is 4.79 Å². The summed E-state index contributed by atoms with van der Waals surface area (Å²) in [6, 6.07) is 1.78. The lowest BCUT2D eigenvalue weighted by Crippen LogP contribution is -2.31. The molecule has 0 spiro atoms. The third kappa shape index (κ3) is 1.93. The van der Waals surface area contributed by atoms with Crippen molar-refractivity contribution in [1.82, 2.24) is 9.88 Å². The monoisotopic (exact) mass is 220 g/mol. The lowest BCUT2D eigenvalue weighted by Gasteiger charge is -2.27. The minimum Gasteiger partial charge on any atom is -0.478 e. The molecule has 2 rings (SSSR count). The normalized spacial score (nSPS) is 15.9. The van der Waals surface area contributed by atoms with Gasteiger partial charge in [-0.1, -0.05) is 6.92 Å². The lowest BCUT2D eigenvalue weighted by molar-refractivity contribution is 0.0695. The number of hydrogen-bond donors (Lipinski definition) is 1. The lowest BCUT2D eigenvalue weighted by atomic mass is 10.0. The number of rotatable bonds is 2. The summed E-state index contributed by atoms with van der Waals surface area (Å²) < 4.78 is 0. The van der Waals surface area contributed by atoms with E-state index in [1.807, 2.05) is 0 Å². The molecule has 1 aliphatic rings. The zero-order valence-electron chi connectivity index (χ0n) is 9.66. The van der Waals surface area contributed by atoms with Crippen molar-refractivity contribution in [2.45, 2.75) is 26.8 Å². The molecule has 16 heavy (non-hydrogen) atoms. The maximum absolute atomic E-state index is 11.0. The van der Waals surface area contributed by atoms with Crippen LogP contribution in [-0.2, 0) is 13.0 Å². The van der Waals surface area contributed by atoms with Crippen LogP contribution in [0.2, 0.25) is 0 Å². The average molecular weight is 220 g/mol. The van der Waals surface area contributed by atoms with E-state index in [4.69, 9.17) is 5.11 Å². The van der Waals surface area contributed by atoms with Crippen LogP contribution in [-0.4, -0.2) is 34.0 Å². The van der Waals surface area contributed by atoms with Crippen molar-refractivity contribution in [3.05, 3.63) is 28.6 Å². The van der Waals surface area contributed by atoms with Gasteiger partial charge in [0.2, 0.25) is 0 Å². The number of aromatic carboxylic acids is 1. The molecule has 0 unspecified atom stereocenters. The second-order valence-electron chi connectivity index (χ2n) is 4.15. The molecular formula is C12H16N2O2. The minimum atomic E-state index is -0.888. The number of nitrogens with zero attached hydrogens (tertiary/aromatic N) is 2. The van der Waals surface area contributed by atoms with Gasteiger partial charge in [0, 0.05) is 25.2 Å². The highest BCUT2D eigenvalue weighted by molar-refractivity contribution is 5.89. The van der Waals surface area contributed by atoms with Crippen LogP contribution in [0.3, 0.4) is 0 Å². The van der Waals surface area contributed by atoms with Crippen LogP contribution >= 0.6 is 0 Å². The third-order valence-corrected chi connectivity index (χ3v) is 3.12. The Morgan fingerprint density at radius 3 is 3.00 bits per heavy atom. The Kier molecular flexibility index (Phi) is 2.92. The number of carbonyl (C=O) groups is 1. The fraction of sp³-hybridized carbons (Fsp3) is 0.500. The molecule has 0 atom stereocenters. The Bertz CT molecular complexity index is 429. The molecule has 0 amide bonds. The van der Waals surface area contributed by atoms with Crippen molar-refractivity contribution >= 4 is 5.97 Å². The third-order valence-electron chi connectivity index (χ3n) is 3.12. The van der Waals surface area contributed by atoms with Gasteiger partial charge in [0.15, 0.2) is 0 Å². The van der Waals surface area contributed by atoms with Gasteiger partial charge in [-0.2, -0.15) is 0 Å². The first kappa shape index (κ1) is 11.1. The Morgan fingerprint density at radius 1 is 1.62 bits per heavy atom. The molecule has 4 heteroatoms. The SMILES string of the molecule is CCN1CCc2nc(C)c(C(=O)O)cc2C1. The number of carboxylic acids is 1. The van der Waals surface area contributed by atoms with Crippen LogP contribution in [0.4, 0.5) is 0 Å². The summed E-state index contributed by atoms with van der Waals surface area (Å²) in [5.74, 6) is -0.888. The van der Waals surface area contributed by atoms with Gasteiger partial charge in [0.05, 0.1) is 11.3 Å². The number of hydrogen-bond acceptors (Lipinski definition) is 3. The minimum absolute atomic E-state index is 0.330. The predicted octanol–water partition coefficient (Wildman–Crippen LogP) is 1.47. The van der Waals surface area contributed by atoms with Gasteiger partial charge < -0.3 is 5.11 Å². The Morgan fingerprint density at radius 2 is 2.38 bits per heavy atom. The summed E-state index contributed by atoms with van der Waals surface area (Å²) in [6.45, 7) is 6.71. The number of likely N-dealkylation sites (N-methyl/N-ethyl adjacent to an activating group) is 1. The van der Waals surface area contributed by atoms with Crippen LogP contribution in [0, 0.1) is 6.92 Å². The van der Waals surface area contributed by atoms with Crippen LogP contribution in [0.15, 0.2) is 6.07 Å². The summed E-state index contributed by atoms with van der Waals surface area (Å²) >= 11 is 0. The number of fused-ring (bicyclic) bond motifs is 1. The standard InChI is InChI=1S/C12H16N2O2/c1-3-14-5-4-11-9(7-14)6-10(12(15)16)8(2)13-11/h6H,3-5,7H2,1-2H3,(H,15,16). The number of aromatic nitrogens is 1. The highest BCUT2D eigenvalue weighted by Crippen LogP contribution is 2.20. The maximum atomic E-state index is 11.0. The molecule has 86 valence electrons. The summed E-state index contributed by atoms with van der Waals surface area (Å²) in [4.78, 5) is 17.7. The molecule has 0 aliphatic carbocycles. The van der Waals surface area contributed by atoms with E-state index in [-0.39, 0.29) is 0 Å². The van der Waals surface area contributed by atoms with Crippen molar-refractivity contribution < 1.29 is 9.90 Å². The van der Waals surface area contributed by atoms with E-state index < -0.39 is 5.97 Å². The number of aryl methyl sites for hydroxylation is 1. The van der Waals surface area contributed by atoms with Gasteiger partial charge in [-0.05, 0) is 25.1 Å². The highest BCUT2D eigenvalue weighted by atomic mass is 16.4. The van der Waals surface area contributed by atoms with E-state index in [9.17, 15) is 4.79 Å². The molecule has 1 N–H and O–H groups in total. The average Bonchev–Trinajstić information content (AvgIpc) is 2.27. The molecule has 0 saturated heterocycles. The van der Waals surface area contributed by atoms with Crippen LogP contribution in [0.5, 0.6) is 0 Å². The van der Waals surface area contributed by atoms with Crippen molar-refractivity contribution in [2.75, 3.05) is 13.1 Å². The Labute approximate surface area is 94.9 Å². The van der Waals surface area contributed by atoms with Crippen molar-refractivity contribution in [3.63, 3.8) is 0 Å². The van der Waals surface area contributed by atoms with Gasteiger partial charge in [-0.15, -0.1) is 0 Å². The molecule has 0 aromatic carbocycles. The van der Waals surface area contributed by atoms with Gasteiger partial charge >= 0.3 is 5.97 Å². The summed E-state index contributed by atoms with van der Waals surface area (Å²) in [5, 5.41) is 9.04. The molecule has 0 saturated carbocycles. The Balaban J connectivity index is 2.39. The van der Waals surface area contributed by atoms with Gasteiger partial charge in [0.1, 0.15) is 0 Å². The first-order chi connectivity index (χ1) is 7.61. The molecule has 1 aliphatic heterocycles. The molecule has 4 nitrogen and oxygen atoms in total. The second-order valence-corrected chi connectivity index (χ2v) is 4.15. The fourth-order valence-electron chi connectivity index (χ4n) is 2.12. The summed E-state index contributed by atoms with van der Waals surface area (Å²) in [5.41, 5.74) is 3.08. The summed E-state index contributed by atoms with van der Waals surface area (Å²) in [7, 11) is 0. The largest absolute Gasteiger partial charge is 0.478 e. The number of pyridine rings is 1. The van der Waals surface area contributed by atoms with Crippen LogP contribution in [0.25, 0.3) is 0 Å². The molecule has 1 aromatic heterocycles. The van der Waals surface area contributed by atoms with Gasteiger partial charge in [0.25, 0.3) is 0 Å². The maximum Gasteiger partial charge on any atom is 0.337 e. The zero-order chi connectivity index (χ0) is 11.7. The van der Waals surface area contributed by atoms with Crippen molar-refractivity contribution in [3.8, 4) is 0 Å². The zero-order valence-corrected chi connectivity index (χ0v) is 9.66. The van der Waals surface area contributed by atoms with Crippen LogP contribution in [0.1, 0.15) is 34.2 Å². The van der Waals surface area contributed by atoms with E-state index in [1.54, 1.807) is 13.0 Å². The fourth-order valence-corrected chi connectivity index (χ4v) is 2.12.